The molecule has 0 radical (unpaired) electrons. The van der Waals surface area contributed by atoms with E-state index in [1.807, 2.05) is 0 Å². The molecule has 19 heavy (non-hydrogen) atoms. The fourth-order valence-electron chi connectivity index (χ4n) is 1.94. The number of hydrogen-bond donors (Lipinski definition) is 0. The molecule has 1 aliphatic rings. The maximum atomic E-state index is 11.8. The molecule has 0 bridgehead atoms. The number of nitrogens with zero attached hydrogens (tertiary/aromatic N) is 1. The van der Waals surface area contributed by atoms with Gasteiger partial charge < -0.3 is 9.64 Å². The summed E-state index contributed by atoms with van der Waals surface area (Å²) in [4.78, 5) is 24.6. The minimum atomic E-state index is -1.16. The average Bonchev–Trinajstić information content (AvgIpc) is 2.78. The maximum absolute atomic E-state index is 11.8. The molecule has 1 amide bonds. The van der Waals surface area contributed by atoms with Gasteiger partial charge in [-0.05, 0) is 12.1 Å². The van der Waals surface area contributed by atoms with Crippen molar-refractivity contribution >= 4 is 22.7 Å². The van der Waals surface area contributed by atoms with Gasteiger partial charge in [0, 0.05) is 30.0 Å². The number of amides is 1. The van der Waals surface area contributed by atoms with Crippen molar-refractivity contribution in [3.8, 4) is 0 Å². The van der Waals surface area contributed by atoms with Crippen LogP contribution in [0.2, 0.25) is 0 Å². The Kier molecular flexibility index (Phi) is 4.31. The molecular weight excluding hydrogens is 266 g/mol. The molecule has 0 saturated carbocycles. The van der Waals surface area contributed by atoms with Crippen LogP contribution in [0.15, 0.2) is 30.3 Å². The highest BCUT2D eigenvalue weighted by Gasteiger charge is 2.34. The zero-order valence-corrected chi connectivity index (χ0v) is 11.4. The van der Waals surface area contributed by atoms with Crippen molar-refractivity contribution in [1.29, 1.82) is 0 Å². The topological polar surface area (TPSA) is 63.7 Å². The van der Waals surface area contributed by atoms with Crippen molar-refractivity contribution in [2.75, 3.05) is 18.9 Å². The van der Waals surface area contributed by atoms with Gasteiger partial charge in [-0.2, -0.15) is 0 Å². The summed E-state index contributed by atoms with van der Waals surface area (Å²) < 4.78 is 16.9. The van der Waals surface area contributed by atoms with Crippen LogP contribution in [0.3, 0.4) is 0 Å². The van der Waals surface area contributed by atoms with Gasteiger partial charge in [-0.25, -0.2) is 4.79 Å². The Balaban J connectivity index is 1.96. The largest absolute Gasteiger partial charge is 0.459 e. The van der Waals surface area contributed by atoms with Gasteiger partial charge in [-0.3, -0.25) is 9.00 Å². The van der Waals surface area contributed by atoms with Crippen molar-refractivity contribution in [2.24, 2.45) is 0 Å². The van der Waals surface area contributed by atoms with Crippen molar-refractivity contribution in [3.05, 3.63) is 35.9 Å². The van der Waals surface area contributed by atoms with Gasteiger partial charge in [0.25, 0.3) is 0 Å². The lowest BCUT2D eigenvalue weighted by atomic mass is 10.2. The Bertz CT molecular complexity index is 503. The van der Waals surface area contributed by atoms with E-state index in [9.17, 15) is 13.8 Å². The third kappa shape index (κ3) is 3.20. The Morgan fingerprint density at radius 3 is 2.68 bits per heavy atom. The van der Waals surface area contributed by atoms with Gasteiger partial charge in [0.05, 0.1) is 5.56 Å². The molecule has 6 heteroatoms. The van der Waals surface area contributed by atoms with Crippen LogP contribution in [0.4, 0.5) is 0 Å². The molecule has 2 atom stereocenters. The fourth-order valence-corrected chi connectivity index (χ4v) is 3.35. The standard InChI is InChI=1S/C13H15NO4S/c1-10(15)14-7-8-19(17)12(14)9-18-13(16)11-5-3-2-4-6-11/h2-6,12H,7-9H2,1H3. The van der Waals surface area contributed by atoms with Gasteiger partial charge in [-0.1, -0.05) is 18.2 Å². The number of carbonyl (C=O) groups excluding carboxylic acids is 2. The lowest BCUT2D eigenvalue weighted by Crippen LogP contribution is -2.38. The zero-order valence-electron chi connectivity index (χ0n) is 10.6. The summed E-state index contributed by atoms with van der Waals surface area (Å²) in [5.74, 6) is -0.174. The molecule has 1 aromatic rings. The van der Waals surface area contributed by atoms with Crippen LogP contribution >= 0.6 is 0 Å². The van der Waals surface area contributed by atoms with E-state index in [-0.39, 0.29) is 12.5 Å². The molecule has 0 aliphatic carbocycles. The lowest BCUT2D eigenvalue weighted by molar-refractivity contribution is -0.129. The molecule has 5 nitrogen and oxygen atoms in total. The second kappa shape index (κ2) is 5.97. The van der Waals surface area contributed by atoms with E-state index in [2.05, 4.69) is 0 Å². The normalized spacial score (nSPS) is 22.3. The predicted molar refractivity (Wildman–Crippen MR) is 70.9 cm³/mol. The first-order valence-corrected chi connectivity index (χ1v) is 7.34. The molecule has 1 aromatic carbocycles. The molecule has 1 aliphatic heterocycles. The highest BCUT2D eigenvalue weighted by atomic mass is 32.2. The van der Waals surface area contributed by atoms with Crippen LogP contribution in [-0.4, -0.2) is 45.3 Å². The van der Waals surface area contributed by atoms with Crippen LogP contribution in [0.5, 0.6) is 0 Å². The smallest absolute Gasteiger partial charge is 0.338 e. The van der Waals surface area contributed by atoms with Crippen LogP contribution < -0.4 is 0 Å². The number of esters is 1. The first kappa shape index (κ1) is 13.7. The van der Waals surface area contributed by atoms with E-state index < -0.39 is 22.1 Å². The Hall–Kier alpha value is -1.69. The molecule has 0 aromatic heterocycles. The van der Waals surface area contributed by atoms with E-state index in [1.54, 1.807) is 30.3 Å². The van der Waals surface area contributed by atoms with Crippen molar-refractivity contribution in [1.82, 2.24) is 4.90 Å². The molecule has 1 saturated heterocycles. The molecule has 2 rings (SSSR count). The Labute approximate surface area is 114 Å². The summed E-state index contributed by atoms with van der Waals surface area (Å²) in [5.41, 5.74) is 0.445. The molecular formula is C13H15NO4S. The van der Waals surface area contributed by atoms with Crippen LogP contribution in [0, 0.1) is 0 Å². The van der Waals surface area contributed by atoms with Gasteiger partial charge in [0.1, 0.15) is 12.0 Å². The number of hydrogen-bond acceptors (Lipinski definition) is 4. The molecule has 1 heterocycles. The summed E-state index contributed by atoms with van der Waals surface area (Å²) in [6.45, 7) is 1.85. The minimum absolute atomic E-state index is 0.0279. The van der Waals surface area contributed by atoms with Crippen LogP contribution in [0.1, 0.15) is 17.3 Å². The number of benzene rings is 1. The summed E-state index contributed by atoms with van der Waals surface area (Å²) in [6.07, 6.45) is 0. The van der Waals surface area contributed by atoms with Gasteiger partial charge in [0.15, 0.2) is 0 Å². The lowest BCUT2D eigenvalue weighted by Gasteiger charge is -2.21. The van der Waals surface area contributed by atoms with E-state index in [0.717, 1.165) is 0 Å². The minimum Gasteiger partial charge on any atom is -0.459 e. The van der Waals surface area contributed by atoms with E-state index >= 15 is 0 Å². The second-order valence-corrected chi connectivity index (χ2v) is 5.93. The summed E-state index contributed by atoms with van der Waals surface area (Å²) in [5, 5.41) is -0.523. The second-order valence-electron chi connectivity index (χ2n) is 4.22. The van der Waals surface area contributed by atoms with Crippen molar-refractivity contribution < 1.29 is 18.5 Å². The Morgan fingerprint density at radius 2 is 2.05 bits per heavy atom. The SMILES string of the molecule is CC(=O)N1CCS(=O)C1COC(=O)c1ccccc1. The van der Waals surface area contributed by atoms with E-state index in [4.69, 9.17) is 4.74 Å². The molecule has 0 N–H and O–H groups in total. The third-order valence-electron chi connectivity index (χ3n) is 2.96. The molecule has 102 valence electrons. The van der Waals surface area contributed by atoms with Crippen LogP contribution in [-0.2, 0) is 20.3 Å². The molecule has 0 spiro atoms. The summed E-state index contributed by atoms with van der Waals surface area (Å²) in [7, 11) is -1.16. The number of rotatable bonds is 3. The summed E-state index contributed by atoms with van der Waals surface area (Å²) in [6, 6.07) is 8.59. The molecule has 2 unspecified atom stereocenters. The van der Waals surface area contributed by atoms with Crippen LogP contribution in [0.25, 0.3) is 0 Å². The Morgan fingerprint density at radius 1 is 1.37 bits per heavy atom. The number of carbonyl (C=O) groups is 2. The van der Waals surface area contributed by atoms with Crippen molar-refractivity contribution in [2.45, 2.75) is 12.3 Å². The van der Waals surface area contributed by atoms with Gasteiger partial charge in [0.2, 0.25) is 5.91 Å². The monoisotopic (exact) mass is 281 g/mol. The van der Waals surface area contributed by atoms with Crippen molar-refractivity contribution in [3.63, 3.8) is 0 Å². The predicted octanol–water partition coefficient (Wildman–Crippen LogP) is 0.780. The zero-order chi connectivity index (χ0) is 13.8. The highest BCUT2D eigenvalue weighted by molar-refractivity contribution is 7.85. The van der Waals surface area contributed by atoms with Gasteiger partial charge >= 0.3 is 5.97 Å². The number of ether oxygens (including phenoxy) is 1. The fraction of sp³-hybridized carbons (Fsp3) is 0.385. The van der Waals surface area contributed by atoms with E-state index in [0.29, 0.717) is 17.9 Å². The van der Waals surface area contributed by atoms with E-state index in [1.165, 1.54) is 11.8 Å². The summed E-state index contributed by atoms with van der Waals surface area (Å²) >= 11 is 0. The average molecular weight is 281 g/mol. The maximum Gasteiger partial charge on any atom is 0.338 e. The first-order valence-electron chi connectivity index (χ1n) is 5.96. The highest BCUT2D eigenvalue weighted by Crippen LogP contribution is 2.15. The molecule has 1 fully saturated rings. The first-order chi connectivity index (χ1) is 9.09. The third-order valence-corrected chi connectivity index (χ3v) is 4.54. The van der Waals surface area contributed by atoms with Gasteiger partial charge in [-0.15, -0.1) is 0 Å². The quantitative estimate of drug-likeness (QED) is 0.768.